The molecule has 0 atom stereocenters. The van der Waals surface area contributed by atoms with Gasteiger partial charge in [-0.1, -0.05) is 13.0 Å². The lowest BCUT2D eigenvalue weighted by Gasteiger charge is -2.18. The molecule has 0 fully saturated rings. The average molecular weight is 369 g/mol. The van der Waals surface area contributed by atoms with Gasteiger partial charge in [0, 0.05) is 12.0 Å². The molecule has 0 spiro atoms. The Bertz CT molecular complexity index is 816. The third-order valence-electron chi connectivity index (χ3n) is 3.99. The molecule has 0 saturated heterocycles. The van der Waals surface area contributed by atoms with Crippen molar-refractivity contribution in [3.8, 4) is 5.75 Å². The first-order chi connectivity index (χ1) is 12.1. The van der Waals surface area contributed by atoms with Gasteiger partial charge in [0.05, 0.1) is 11.3 Å². The SMILES string of the molecule is CCC(=O)Nc1cccc(F)c1COc1cc(C)c(C)cc1C(F)(F)F. The number of aryl methyl sites for hydroxylation is 2. The second kappa shape index (κ2) is 7.76. The highest BCUT2D eigenvalue weighted by atomic mass is 19.4. The zero-order chi connectivity index (χ0) is 19.5. The molecule has 2 aromatic rings. The standard InChI is InChI=1S/C19H19F4NO2/c1-4-18(25)24-16-7-5-6-15(20)13(16)10-26-17-9-12(3)11(2)8-14(17)19(21,22)23/h5-9H,4,10H2,1-3H3,(H,24,25). The molecule has 0 aliphatic carbocycles. The zero-order valence-corrected chi connectivity index (χ0v) is 14.6. The first-order valence-electron chi connectivity index (χ1n) is 8.02. The van der Waals surface area contributed by atoms with Crippen molar-refractivity contribution in [3.63, 3.8) is 0 Å². The van der Waals surface area contributed by atoms with E-state index in [0.717, 1.165) is 12.1 Å². The van der Waals surface area contributed by atoms with Crippen LogP contribution in [0.25, 0.3) is 0 Å². The summed E-state index contributed by atoms with van der Waals surface area (Å²) >= 11 is 0. The third-order valence-corrected chi connectivity index (χ3v) is 3.99. The molecule has 3 nitrogen and oxygen atoms in total. The fraction of sp³-hybridized carbons (Fsp3) is 0.316. The molecule has 7 heteroatoms. The molecule has 1 N–H and O–H groups in total. The zero-order valence-electron chi connectivity index (χ0n) is 14.6. The van der Waals surface area contributed by atoms with Crippen LogP contribution in [0, 0.1) is 19.7 Å². The van der Waals surface area contributed by atoms with Crippen LogP contribution >= 0.6 is 0 Å². The number of rotatable bonds is 5. The Labute approximate surface area is 149 Å². The number of hydrogen-bond donors (Lipinski definition) is 1. The molecule has 26 heavy (non-hydrogen) atoms. The lowest BCUT2D eigenvalue weighted by atomic mass is 10.0. The van der Waals surface area contributed by atoms with E-state index < -0.39 is 24.2 Å². The minimum atomic E-state index is -4.59. The molecule has 0 heterocycles. The number of alkyl halides is 3. The van der Waals surface area contributed by atoms with Gasteiger partial charge in [-0.15, -0.1) is 0 Å². The average Bonchev–Trinajstić information content (AvgIpc) is 2.56. The number of anilines is 1. The number of amides is 1. The van der Waals surface area contributed by atoms with Crippen LogP contribution in [0.3, 0.4) is 0 Å². The molecule has 1 amide bonds. The van der Waals surface area contributed by atoms with Crippen LogP contribution in [0.15, 0.2) is 30.3 Å². The van der Waals surface area contributed by atoms with E-state index in [1.165, 1.54) is 18.2 Å². The molecule has 0 radical (unpaired) electrons. The van der Waals surface area contributed by atoms with Crippen LogP contribution in [0.4, 0.5) is 23.2 Å². The van der Waals surface area contributed by atoms with Crippen LogP contribution in [0.1, 0.15) is 35.6 Å². The molecule has 0 aliphatic rings. The maximum absolute atomic E-state index is 14.1. The Morgan fingerprint density at radius 1 is 1.15 bits per heavy atom. The second-order valence-electron chi connectivity index (χ2n) is 5.89. The quantitative estimate of drug-likeness (QED) is 0.718. The first-order valence-corrected chi connectivity index (χ1v) is 8.02. The molecule has 140 valence electrons. The topological polar surface area (TPSA) is 38.3 Å². The normalized spacial score (nSPS) is 11.3. The number of ether oxygens (including phenoxy) is 1. The molecule has 0 bridgehead atoms. The van der Waals surface area contributed by atoms with Crippen molar-refractivity contribution in [2.75, 3.05) is 5.32 Å². The van der Waals surface area contributed by atoms with Gasteiger partial charge in [0.2, 0.25) is 5.91 Å². The van der Waals surface area contributed by atoms with Crippen molar-refractivity contribution < 1.29 is 27.1 Å². The third kappa shape index (κ3) is 4.53. The molecule has 0 aromatic heterocycles. The fourth-order valence-electron chi connectivity index (χ4n) is 2.34. The van der Waals surface area contributed by atoms with Gasteiger partial charge in [0.25, 0.3) is 0 Å². The number of hydrogen-bond acceptors (Lipinski definition) is 2. The maximum atomic E-state index is 14.1. The lowest BCUT2D eigenvalue weighted by Crippen LogP contribution is -2.14. The van der Waals surface area contributed by atoms with Gasteiger partial charge in [-0.05, 0) is 49.2 Å². The Kier molecular flexibility index (Phi) is 5.90. The molecular weight excluding hydrogens is 350 g/mol. The highest BCUT2D eigenvalue weighted by Gasteiger charge is 2.35. The van der Waals surface area contributed by atoms with Crippen LogP contribution in [-0.2, 0) is 17.6 Å². The van der Waals surface area contributed by atoms with Crippen molar-refractivity contribution in [1.82, 2.24) is 0 Å². The summed E-state index contributed by atoms with van der Waals surface area (Å²) < 4.78 is 59.2. The van der Waals surface area contributed by atoms with E-state index in [1.54, 1.807) is 20.8 Å². The molecule has 0 saturated carbocycles. The molecule has 0 unspecified atom stereocenters. The van der Waals surface area contributed by atoms with Crippen molar-refractivity contribution in [2.24, 2.45) is 0 Å². The number of carbonyl (C=O) groups is 1. The van der Waals surface area contributed by atoms with Crippen LogP contribution < -0.4 is 10.1 Å². The van der Waals surface area contributed by atoms with Gasteiger partial charge < -0.3 is 10.1 Å². The minimum Gasteiger partial charge on any atom is -0.488 e. The van der Waals surface area contributed by atoms with Crippen LogP contribution in [0.2, 0.25) is 0 Å². The molecule has 0 aliphatic heterocycles. The van der Waals surface area contributed by atoms with E-state index in [1.807, 2.05) is 0 Å². The van der Waals surface area contributed by atoms with Crippen molar-refractivity contribution >= 4 is 11.6 Å². The van der Waals surface area contributed by atoms with E-state index in [9.17, 15) is 22.4 Å². The number of nitrogens with one attached hydrogen (secondary N) is 1. The van der Waals surface area contributed by atoms with E-state index >= 15 is 0 Å². The molecule has 2 rings (SSSR count). The van der Waals surface area contributed by atoms with Crippen molar-refractivity contribution in [2.45, 2.75) is 40.0 Å². The van der Waals surface area contributed by atoms with Gasteiger partial charge in [0.1, 0.15) is 18.2 Å². The summed E-state index contributed by atoms with van der Waals surface area (Å²) in [6.07, 6.45) is -4.41. The summed E-state index contributed by atoms with van der Waals surface area (Å²) in [6, 6.07) is 6.32. The predicted octanol–water partition coefficient (Wildman–Crippen LogP) is 5.39. The molecule has 2 aromatic carbocycles. The Morgan fingerprint density at radius 2 is 1.81 bits per heavy atom. The summed E-state index contributed by atoms with van der Waals surface area (Å²) in [5.41, 5.74) is 0.346. The van der Waals surface area contributed by atoms with E-state index in [4.69, 9.17) is 4.74 Å². The summed E-state index contributed by atoms with van der Waals surface area (Å²) in [5, 5.41) is 2.52. The summed E-state index contributed by atoms with van der Waals surface area (Å²) in [4.78, 5) is 11.6. The number of benzene rings is 2. The lowest BCUT2D eigenvalue weighted by molar-refractivity contribution is -0.139. The summed E-state index contributed by atoms with van der Waals surface area (Å²) in [6.45, 7) is 4.43. The van der Waals surface area contributed by atoms with E-state index in [0.29, 0.717) is 11.1 Å². The van der Waals surface area contributed by atoms with Crippen LogP contribution in [-0.4, -0.2) is 5.91 Å². The highest BCUT2D eigenvalue weighted by molar-refractivity contribution is 5.91. The van der Waals surface area contributed by atoms with Gasteiger partial charge in [-0.3, -0.25) is 4.79 Å². The largest absolute Gasteiger partial charge is 0.488 e. The number of carbonyl (C=O) groups excluding carboxylic acids is 1. The van der Waals surface area contributed by atoms with E-state index in [-0.39, 0.29) is 29.3 Å². The summed E-state index contributed by atoms with van der Waals surface area (Å²) in [7, 11) is 0. The van der Waals surface area contributed by atoms with Crippen LogP contribution in [0.5, 0.6) is 5.75 Å². The van der Waals surface area contributed by atoms with Gasteiger partial charge in [0.15, 0.2) is 0 Å². The summed E-state index contributed by atoms with van der Waals surface area (Å²) in [5.74, 6) is -1.38. The second-order valence-corrected chi connectivity index (χ2v) is 5.89. The Balaban J connectivity index is 2.35. The van der Waals surface area contributed by atoms with Gasteiger partial charge in [-0.25, -0.2) is 4.39 Å². The van der Waals surface area contributed by atoms with Gasteiger partial charge in [-0.2, -0.15) is 13.2 Å². The van der Waals surface area contributed by atoms with Crippen molar-refractivity contribution in [1.29, 1.82) is 0 Å². The predicted molar refractivity (Wildman–Crippen MR) is 90.6 cm³/mol. The monoisotopic (exact) mass is 369 g/mol. The first kappa shape index (κ1) is 19.8. The fourth-order valence-corrected chi connectivity index (χ4v) is 2.34. The number of halogens is 4. The minimum absolute atomic E-state index is 0.0133. The van der Waals surface area contributed by atoms with E-state index in [2.05, 4.69) is 5.32 Å². The van der Waals surface area contributed by atoms with Crippen molar-refractivity contribution in [3.05, 3.63) is 58.4 Å². The highest BCUT2D eigenvalue weighted by Crippen LogP contribution is 2.38. The maximum Gasteiger partial charge on any atom is 0.419 e. The smallest absolute Gasteiger partial charge is 0.419 e. The molecular formula is C19H19F4NO2. The Hall–Kier alpha value is -2.57. The van der Waals surface area contributed by atoms with Gasteiger partial charge >= 0.3 is 6.18 Å². The Morgan fingerprint density at radius 3 is 2.42 bits per heavy atom.